The number of aromatic nitrogens is 1. The first-order chi connectivity index (χ1) is 8.67. The lowest BCUT2D eigenvalue weighted by atomic mass is 10.2. The van der Waals surface area contributed by atoms with Gasteiger partial charge in [0.1, 0.15) is 0 Å². The predicted octanol–water partition coefficient (Wildman–Crippen LogP) is 0.368. The Balaban J connectivity index is 2.65. The molecule has 0 aromatic carbocycles. The lowest BCUT2D eigenvalue weighted by Crippen LogP contribution is -2.43. The van der Waals surface area contributed by atoms with Gasteiger partial charge in [0.15, 0.2) is 0 Å². The highest BCUT2D eigenvalue weighted by molar-refractivity contribution is 5.79. The Morgan fingerprint density at radius 2 is 2.22 bits per heavy atom. The molecule has 0 spiro atoms. The predicted molar refractivity (Wildman–Crippen MR) is 71.8 cm³/mol. The minimum absolute atomic E-state index is 0.0564. The van der Waals surface area contributed by atoms with Gasteiger partial charge in [-0.05, 0) is 24.6 Å². The molecule has 0 amide bonds. The van der Waals surface area contributed by atoms with Gasteiger partial charge in [-0.2, -0.15) is 0 Å². The monoisotopic (exact) mass is 251 g/mol. The van der Waals surface area contributed by atoms with Gasteiger partial charge < -0.3 is 9.64 Å². The van der Waals surface area contributed by atoms with E-state index in [0.717, 1.165) is 5.56 Å². The van der Waals surface area contributed by atoms with Crippen molar-refractivity contribution in [2.75, 3.05) is 20.8 Å². The summed E-state index contributed by atoms with van der Waals surface area (Å²) in [5.74, 6) is 6.13. The van der Waals surface area contributed by atoms with Crippen LogP contribution in [0.3, 0.4) is 0 Å². The zero-order chi connectivity index (χ0) is 13.4. The SMILES string of the molecule is COCC(C)N=C(NN)N(C)Cc1ccncc1. The highest BCUT2D eigenvalue weighted by Gasteiger charge is 2.08. The Kier molecular flexibility index (Phi) is 6.10. The second kappa shape index (κ2) is 7.62. The van der Waals surface area contributed by atoms with Crippen molar-refractivity contribution in [3.05, 3.63) is 30.1 Å². The van der Waals surface area contributed by atoms with Crippen molar-refractivity contribution in [3.8, 4) is 0 Å². The highest BCUT2D eigenvalue weighted by atomic mass is 16.5. The van der Waals surface area contributed by atoms with Gasteiger partial charge in [-0.3, -0.25) is 10.4 Å². The minimum Gasteiger partial charge on any atom is -0.382 e. The number of pyridine rings is 1. The van der Waals surface area contributed by atoms with Crippen molar-refractivity contribution in [2.45, 2.75) is 19.5 Å². The number of methoxy groups -OCH3 is 1. The molecule has 3 N–H and O–H groups in total. The number of hydrogen-bond donors (Lipinski definition) is 2. The standard InChI is InChI=1S/C12H21N5O/c1-10(9-18-3)15-12(16-13)17(2)8-11-4-6-14-7-5-11/h4-7,10H,8-9,13H2,1-3H3,(H,15,16). The molecule has 6 heteroatoms. The second-order valence-electron chi connectivity index (χ2n) is 4.11. The molecule has 0 aliphatic rings. The fourth-order valence-corrected chi connectivity index (χ4v) is 1.57. The van der Waals surface area contributed by atoms with E-state index in [9.17, 15) is 0 Å². The Hall–Kier alpha value is -1.66. The molecule has 0 fully saturated rings. The topological polar surface area (TPSA) is 75.8 Å². The molecule has 1 unspecified atom stereocenters. The maximum Gasteiger partial charge on any atom is 0.208 e. The maximum atomic E-state index is 5.50. The number of hydrazine groups is 1. The van der Waals surface area contributed by atoms with Crippen molar-refractivity contribution >= 4 is 5.96 Å². The van der Waals surface area contributed by atoms with Crippen LogP contribution in [0.15, 0.2) is 29.5 Å². The highest BCUT2D eigenvalue weighted by Crippen LogP contribution is 2.02. The fourth-order valence-electron chi connectivity index (χ4n) is 1.57. The molecule has 1 aromatic rings. The summed E-state index contributed by atoms with van der Waals surface area (Å²) in [7, 11) is 3.58. The number of hydrogen-bond acceptors (Lipinski definition) is 4. The Labute approximate surface area is 108 Å². The smallest absolute Gasteiger partial charge is 0.208 e. The van der Waals surface area contributed by atoms with Gasteiger partial charge in [-0.25, -0.2) is 10.8 Å². The third kappa shape index (κ3) is 4.68. The summed E-state index contributed by atoms with van der Waals surface area (Å²) < 4.78 is 5.04. The van der Waals surface area contributed by atoms with Gasteiger partial charge in [-0.15, -0.1) is 0 Å². The molecule has 0 radical (unpaired) electrons. The summed E-state index contributed by atoms with van der Waals surface area (Å²) in [5.41, 5.74) is 3.76. The Bertz CT molecular complexity index is 368. The van der Waals surface area contributed by atoms with Crippen molar-refractivity contribution in [1.29, 1.82) is 0 Å². The number of ether oxygens (including phenoxy) is 1. The van der Waals surface area contributed by atoms with Crippen LogP contribution in [0.25, 0.3) is 0 Å². The first-order valence-corrected chi connectivity index (χ1v) is 5.80. The molecule has 1 aromatic heterocycles. The van der Waals surface area contributed by atoms with Gasteiger partial charge in [0, 0.05) is 33.1 Å². The summed E-state index contributed by atoms with van der Waals surface area (Å²) in [5, 5.41) is 0. The van der Waals surface area contributed by atoms with E-state index in [1.165, 1.54) is 0 Å². The third-order valence-corrected chi connectivity index (χ3v) is 2.41. The first-order valence-electron chi connectivity index (χ1n) is 5.80. The van der Waals surface area contributed by atoms with Crippen molar-refractivity contribution in [2.24, 2.45) is 10.8 Å². The van der Waals surface area contributed by atoms with E-state index in [2.05, 4.69) is 15.4 Å². The molecule has 18 heavy (non-hydrogen) atoms. The Morgan fingerprint density at radius 3 is 2.78 bits per heavy atom. The molecule has 0 aliphatic heterocycles. The molecular formula is C12H21N5O. The lowest BCUT2D eigenvalue weighted by Gasteiger charge is -2.21. The van der Waals surface area contributed by atoms with E-state index in [1.54, 1.807) is 19.5 Å². The van der Waals surface area contributed by atoms with Gasteiger partial charge in [0.2, 0.25) is 5.96 Å². The van der Waals surface area contributed by atoms with E-state index in [-0.39, 0.29) is 6.04 Å². The zero-order valence-electron chi connectivity index (χ0n) is 11.1. The first kappa shape index (κ1) is 14.4. The largest absolute Gasteiger partial charge is 0.382 e. The molecule has 0 saturated carbocycles. The lowest BCUT2D eigenvalue weighted by molar-refractivity contribution is 0.185. The zero-order valence-corrected chi connectivity index (χ0v) is 11.1. The molecule has 6 nitrogen and oxygen atoms in total. The van der Waals surface area contributed by atoms with E-state index in [0.29, 0.717) is 19.1 Å². The molecular weight excluding hydrogens is 230 g/mol. The molecule has 0 aliphatic carbocycles. The van der Waals surface area contributed by atoms with Crippen LogP contribution in [0.5, 0.6) is 0 Å². The summed E-state index contributed by atoms with van der Waals surface area (Å²) in [6, 6.07) is 3.98. The van der Waals surface area contributed by atoms with E-state index >= 15 is 0 Å². The molecule has 0 bridgehead atoms. The summed E-state index contributed by atoms with van der Waals surface area (Å²) in [6.07, 6.45) is 3.53. The summed E-state index contributed by atoms with van der Waals surface area (Å²) in [4.78, 5) is 10.4. The normalized spacial score (nSPS) is 13.2. The quantitative estimate of drug-likeness (QED) is 0.342. The number of nitrogens with two attached hydrogens (primary N) is 1. The summed E-state index contributed by atoms with van der Waals surface area (Å²) >= 11 is 0. The second-order valence-corrected chi connectivity index (χ2v) is 4.11. The van der Waals surface area contributed by atoms with Crippen LogP contribution >= 0.6 is 0 Å². The van der Waals surface area contributed by atoms with E-state index < -0.39 is 0 Å². The van der Waals surface area contributed by atoms with Gasteiger partial charge in [-0.1, -0.05) is 0 Å². The number of rotatable bonds is 5. The van der Waals surface area contributed by atoms with Gasteiger partial charge in [0.05, 0.1) is 12.6 Å². The van der Waals surface area contributed by atoms with Gasteiger partial charge >= 0.3 is 0 Å². The van der Waals surface area contributed by atoms with Crippen LogP contribution in [0.1, 0.15) is 12.5 Å². The average molecular weight is 251 g/mol. The van der Waals surface area contributed by atoms with E-state index in [4.69, 9.17) is 10.6 Å². The average Bonchev–Trinajstić information content (AvgIpc) is 2.37. The minimum atomic E-state index is 0.0564. The molecule has 100 valence electrons. The van der Waals surface area contributed by atoms with Crippen LogP contribution in [-0.4, -0.2) is 42.6 Å². The van der Waals surface area contributed by atoms with Crippen LogP contribution in [0, 0.1) is 0 Å². The van der Waals surface area contributed by atoms with Crippen molar-refractivity contribution in [3.63, 3.8) is 0 Å². The molecule has 0 saturated heterocycles. The van der Waals surface area contributed by atoms with Crippen molar-refractivity contribution in [1.82, 2.24) is 15.3 Å². The molecule has 1 heterocycles. The third-order valence-electron chi connectivity index (χ3n) is 2.41. The van der Waals surface area contributed by atoms with Crippen LogP contribution < -0.4 is 11.3 Å². The van der Waals surface area contributed by atoms with E-state index in [1.807, 2.05) is 31.0 Å². The van der Waals surface area contributed by atoms with Crippen LogP contribution in [0.4, 0.5) is 0 Å². The van der Waals surface area contributed by atoms with Gasteiger partial charge in [0.25, 0.3) is 0 Å². The maximum absolute atomic E-state index is 5.50. The van der Waals surface area contributed by atoms with Crippen LogP contribution in [0.2, 0.25) is 0 Å². The molecule has 1 atom stereocenters. The summed E-state index contributed by atoms with van der Waals surface area (Å²) in [6.45, 7) is 3.25. The van der Waals surface area contributed by atoms with Crippen LogP contribution in [-0.2, 0) is 11.3 Å². The number of guanidine groups is 1. The number of nitrogens with zero attached hydrogens (tertiary/aromatic N) is 3. The fraction of sp³-hybridized carbons (Fsp3) is 0.500. The molecule has 1 rings (SSSR count). The number of aliphatic imine (C=N–C) groups is 1. The van der Waals surface area contributed by atoms with Crippen molar-refractivity contribution < 1.29 is 4.74 Å². The Morgan fingerprint density at radius 1 is 1.56 bits per heavy atom. The number of nitrogens with one attached hydrogen (secondary N) is 1.